The Bertz CT molecular complexity index is 759. The van der Waals surface area contributed by atoms with Crippen molar-refractivity contribution in [3.05, 3.63) is 53.1 Å². The first-order valence-electron chi connectivity index (χ1n) is 9.72. The molecule has 0 spiro atoms. The van der Waals surface area contributed by atoms with Crippen LogP contribution in [-0.4, -0.2) is 18.4 Å². The normalized spacial score (nSPS) is 17.7. The van der Waals surface area contributed by atoms with Gasteiger partial charge in [0, 0.05) is 6.42 Å². The van der Waals surface area contributed by atoms with Crippen LogP contribution >= 0.6 is 0 Å². The molecular weight excluding hydrogens is 340 g/mol. The highest BCUT2D eigenvalue weighted by Crippen LogP contribution is 2.35. The van der Waals surface area contributed by atoms with Crippen molar-refractivity contribution in [1.82, 2.24) is 0 Å². The number of oxime groups is 1. The Morgan fingerprint density at radius 3 is 2.78 bits per heavy atom. The minimum Gasteiger partial charge on any atom is -0.482 e. The highest BCUT2D eigenvalue weighted by atomic mass is 16.7. The van der Waals surface area contributed by atoms with Crippen molar-refractivity contribution in [2.75, 3.05) is 6.61 Å². The van der Waals surface area contributed by atoms with Crippen molar-refractivity contribution in [2.45, 2.75) is 57.8 Å². The molecule has 2 aliphatic rings. The highest BCUT2D eigenvalue weighted by Gasteiger charge is 2.17. The van der Waals surface area contributed by atoms with Crippen molar-refractivity contribution < 1.29 is 14.4 Å². The van der Waals surface area contributed by atoms with Crippen LogP contribution in [0.2, 0.25) is 0 Å². The number of ether oxygens (including phenoxy) is 1. The Balaban J connectivity index is 1.46. The lowest BCUT2D eigenvalue weighted by Crippen LogP contribution is -2.17. The second-order valence-electron chi connectivity index (χ2n) is 7.32. The Labute approximate surface area is 160 Å². The largest absolute Gasteiger partial charge is 0.482 e. The van der Waals surface area contributed by atoms with Gasteiger partial charge < -0.3 is 15.3 Å². The van der Waals surface area contributed by atoms with Crippen LogP contribution in [0, 0.1) is 6.92 Å². The molecule has 1 saturated carbocycles. The molecule has 0 atom stereocenters. The molecule has 0 aromatic heterocycles. The first-order valence-corrected chi connectivity index (χ1v) is 9.72. The minimum absolute atomic E-state index is 0.191. The molecule has 1 fully saturated rings. The predicted molar refractivity (Wildman–Crippen MR) is 107 cm³/mol. The average molecular weight is 368 g/mol. The molecule has 5 heteroatoms. The van der Waals surface area contributed by atoms with E-state index in [2.05, 4.69) is 18.1 Å². The zero-order valence-corrected chi connectivity index (χ0v) is 15.9. The average Bonchev–Trinajstić information content (AvgIpc) is 3.18. The fourth-order valence-corrected chi connectivity index (χ4v) is 3.78. The van der Waals surface area contributed by atoms with Gasteiger partial charge in [-0.25, -0.2) is 4.79 Å². The van der Waals surface area contributed by atoms with Gasteiger partial charge in [-0.1, -0.05) is 54.3 Å². The molecule has 1 aromatic rings. The summed E-state index contributed by atoms with van der Waals surface area (Å²) >= 11 is 0. The molecular formula is C22H28N2O3. The van der Waals surface area contributed by atoms with Crippen LogP contribution in [0.3, 0.4) is 0 Å². The highest BCUT2D eigenvalue weighted by molar-refractivity contribution is 5.83. The SMILES string of the molecule is Cc1cc(OCC(=O)O/N=C(\N)CC2=CC=CC2)ccc1C1CCCCC1. The minimum atomic E-state index is -0.564. The fourth-order valence-electron chi connectivity index (χ4n) is 3.78. The van der Waals surface area contributed by atoms with Gasteiger partial charge in [-0.15, -0.1) is 0 Å². The zero-order chi connectivity index (χ0) is 19.1. The second-order valence-corrected chi connectivity index (χ2v) is 7.32. The number of nitrogens with two attached hydrogens (primary N) is 1. The molecule has 144 valence electrons. The Hall–Kier alpha value is -2.56. The summed E-state index contributed by atoms with van der Waals surface area (Å²) in [6.07, 6.45) is 13.9. The summed E-state index contributed by atoms with van der Waals surface area (Å²) in [4.78, 5) is 16.7. The number of carbonyl (C=O) groups excluding carboxylic acids is 1. The molecule has 2 aliphatic carbocycles. The maximum absolute atomic E-state index is 11.8. The number of nitrogens with zero attached hydrogens (tertiary/aromatic N) is 1. The van der Waals surface area contributed by atoms with E-state index in [0.717, 1.165) is 12.0 Å². The molecule has 2 N–H and O–H groups in total. The van der Waals surface area contributed by atoms with Gasteiger partial charge in [-0.05, 0) is 55.4 Å². The van der Waals surface area contributed by atoms with Crippen LogP contribution in [0.25, 0.3) is 0 Å². The van der Waals surface area contributed by atoms with Gasteiger partial charge in [0.2, 0.25) is 0 Å². The molecule has 0 saturated heterocycles. The van der Waals surface area contributed by atoms with E-state index in [0.29, 0.717) is 18.1 Å². The van der Waals surface area contributed by atoms with Crippen molar-refractivity contribution in [1.29, 1.82) is 0 Å². The standard InChI is InChI=1S/C22H28N2O3/c1-16-13-19(11-12-20(16)18-9-3-2-4-10-18)26-15-22(25)27-24-21(23)14-17-7-5-6-8-17/h5-7,11-13,18H,2-4,8-10,14-15H2,1H3,(H2,23,24). The summed E-state index contributed by atoms with van der Waals surface area (Å²) in [5, 5.41) is 3.69. The predicted octanol–water partition coefficient (Wildman–Crippen LogP) is 4.51. The van der Waals surface area contributed by atoms with Crippen LogP contribution in [-0.2, 0) is 9.63 Å². The second kappa shape index (κ2) is 9.40. The summed E-state index contributed by atoms with van der Waals surface area (Å²) in [7, 11) is 0. The Morgan fingerprint density at radius 2 is 2.07 bits per heavy atom. The summed E-state index contributed by atoms with van der Waals surface area (Å²) in [6.45, 7) is 1.91. The molecule has 1 aromatic carbocycles. The van der Waals surface area contributed by atoms with E-state index in [1.54, 1.807) is 0 Å². The maximum atomic E-state index is 11.8. The number of aryl methyl sites for hydroxylation is 1. The van der Waals surface area contributed by atoms with Crippen molar-refractivity contribution in [3.63, 3.8) is 0 Å². The van der Waals surface area contributed by atoms with E-state index in [-0.39, 0.29) is 12.4 Å². The van der Waals surface area contributed by atoms with Gasteiger partial charge in [0.25, 0.3) is 0 Å². The van der Waals surface area contributed by atoms with E-state index in [9.17, 15) is 4.79 Å². The zero-order valence-electron chi connectivity index (χ0n) is 15.9. The molecule has 5 nitrogen and oxygen atoms in total. The topological polar surface area (TPSA) is 73.9 Å². The lowest BCUT2D eigenvalue weighted by molar-refractivity contribution is -0.146. The van der Waals surface area contributed by atoms with Crippen LogP contribution in [0.1, 0.15) is 62.0 Å². The number of amidine groups is 1. The van der Waals surface area contributed by atoms with E-state index in [4.69, 9.17) is 15.3 Å². The first kappa shape index (κ1) is 19.2. The van der Waals surface area contributed by atoms with Gasteiger partial charge in [0.05, 0.1) is 0 Å². The van der Waals surface area contributed by atoms with Crippen LogP contribution < -0.4 is 10.5 Å². The number of hydrogen-bond donors (Lipinski definition) is 1. The van der Waals surface area contributed by atoms with Gasteiger partial charge in [-0.2, -0.15) is 0 Å². The molecule has 0 radical (unpaired) electrons. The molecule has 3 rings (SSSR count). The molecule has 0 heterocycles. The van der Waals surface area contributed by atoms with E-state index >= 15 is 0 Å². The van der Waals surface area contributed by atoms with Crippen molar-refractivity contribution >= 4 is 11.8 Å². The summed E-state index contributed by atoms with van der Waals surface area (Å²) in [5.74, 6) is 1.04. The number of hydrogen-bond acceptors (Lipinski definition) is 4. The van der Waals surface area contributed by atoms with E-state index in [1.165, 1.54) is 43.2 Å². The molecule has 27 heavy (non-hydrogen) atoms. The van der Waals surface area contributed by atoms with Gasteiger partial charge in [-0.3, -0.25) is 0 Å². The van der Waals surface area contributed by atoms with Gasteiger partial charge >= 0.3 is 5.97 Å². The monoisotopic (exact) mass is 368 g/mol. The van der Waals surface area contributed by atoms with Gasteiger partial charge in [0.15, 0.2) is 6.61 Å². The fraction of sp³-hybridized carbons (Fsp3) is 0.455. The molecule has 0 unspecified atom stereocenters. The van der Waals surface area contributed by atoms with Crippen molar-refractivity contribution in [3.8, 4) is 5.75 Å². The maximum Gasteiger partial charge on any atom is 0.372 e. The number of benzene rings is 1. The summed E-state index contributed by atoms with van der Waals surface area (Å²) < 4.78 is 5.55. The molecule has 0 amide bonds. The molecule has 0 aliphatic heterocycles. The number of rotatable bonds is 7. The van der Waals surface area contributed by atoms with E-state index < -0.39 is 5.97 Å². The third-order valence-electron chi connectivity index (χ3n) is 5.16. The third-order valence-corrected chi connectivity index (χ3v) is 5.16. The smallest absolute Gasteiger partial charge is 0.372 e. The number of allylic oxidation sites excluding steroid dienone is 3. The quantitative estimate of drug-likeness (QED) is 0.332. The lowest BCUT2D eigenvalue weighted by atomic mass is 9.82. The third kappa shape index (κ3) is 5.71. The summed E-state index contributed by atoms with van der Waals surface area (Å²) in [5.41, 5.74) is 9.55. The van der Waals surface area contributed by atoms with Crippen LogP contribution in [0.15, 0.2) is 47.2 Å². The Morgan fingerprint density at radius 1 is 1.26 bits per heavy atom. The van der Waals surface area contributed by atoms with Crippen molar-refractivity contribution in [2.24, 2.45) is 10.9 Å². The number of carbonyl (C=O) groups is 1. The van der Waals surface area contributed by atoms with Crippen LogP contribution in [0.5, 0.6) is 5.75 Å². The Kier molecular flexibility index (Phi) is 6.69. The first-order chi connectivity index (χ1) is 13.1. The van der Waals surface area contributed by atoms with Gasteiger partial charge in [0.1, 0.15) is 11.6 Å². The van der Waals surface area contributed by atoms with Crippen LogP contribution in [0.4, 0.5) is 0 Å². The molecule has 0 bridgehead atoms. The lowest BCUT2D eigenvalue weighted by Gasteiger charge is -2.23. The summed E-state index contributed by atoms with van der Waals surface area (Å²) in [6, 6.07) is 6.06. The van der Waals surface area contributed by atoms with E-state index in [1.807, 2.05) is 30.4 Å².